The highest BCUT2D eigenvalue weighted by atomic mass is 32.2. The van der Waals surface area contributed by atoms with E-state index in [0.29, 0.717) is 5.25 Å². The third-order valence-corrected chi connectivity index (χ3v) is 4.31. The summed E-state index contributed by atoms with van der Waals surface area (Å²) in [7, 11) is 0. The molecule has 3 nitrogen and oxygen atoms in total. The molecule has 1 aliphatic rings. The topological polar surface area (TPSA) is 41.1 Å². The molecule has 98 valence electrons. The molecule has 0 spiro atoms. The van der Waals surface area contributed by atoms with Crippen molar-refractivity contribution in [3.63, 3.8) is 0 Å². The maximum absolute atomic E-state index is 12.2. The molecule has 1 aliphatic heterocycles. The van der Waals surface area contributed by atoms with Crippen LogP contribution >= 0.6 is 11.8 Å². The van der Waals surface area contributed by atoms with E-state index in [0.717, 1.165) is 25.1 Å². The molecule has 2 atom stereocenters. The number of benzene rings is 1. The maximum atomic E-state index is 12.2. The van der Waals surface area contributed by atoms with Crippen LogP contribution in [0, 0.1) is 0 Å². The van der Waals surface area contributed by atoms with E-state index in [2.05, 4.69) is 29.9 Å². The molecule has 0 saturated heterocycles. The second-order valence-corrected chi connectivity index (χ2v) is 5.90. The maximum Gasteiger partial charge on any atom is 0.241 e. The number of hydrogen-bond donors (Lipinski definition) is 2. The van der Waals surface area contributed by atoms with Crippen LogP contribution in [0.15, 0.2) is 24.3 Å². The molecule has 0 aromatic heterocycles. The predicted octanol–water partition coefficient (Wildman–Crippen LogP) is 1.74. The summed E-state index contributed by atoms with van der Waals surface area (Å²) in [5.74, 6) is 0.0862. The van der Waals surface area contributed by atoms with Gasteiger partial charge in [-0.25, -0.2) is 0 Å². The van der Waals surface area contributed by atoms with Gasteiger partial charge in [-0.3, -0.25) is 4.79 Å². The Labute approximate surface area is 113 Å². The van der Waals surface area contributed by atoms with Crippen LogP contribution in [-0.4, -0.2) is 30.5 Å². The molecular weight excluding hydrogens is 244 g/mol. The van der Waals surface area contributed by atoms with E-state index < -0.39 is 0 Å². The van der Waals surface area contributed by atoms with Crippen molar-refractivity contribution in [1.82, 2.24) is 10.6 Å². The number of amides is 1. The zero-order valence-electron chi connectivity index (χ0n) is 10.9. The number of carbonyl (C=O) groups is 1. The highest BCUT2D eigenvalue weighted by molar-refractivity contribution is 7.99. The summed E-state index contributed by atoms with van der Waals surface area (Å²) in [6.45, 7) is 3.71. The van der Waals surface area contributed by atoms with Gasteiger partial charge in [0, 0.05) is 18.3 Å². The molecule has 4 heteroatoms. The number of carbonyl (C=O) groups excluding carboxylic acids is 1. The van der Waals surface area contributed by atoms with Crippen molar-refractivity contribution in [1.29, 1.82) is 0 Å². The first kappa shape index (κ1) is 13.4. The lowest BCUT2D eigenvalue weighted by atomic mass is 9.94. The average Bonchev–Trinajstić information content (AvgIpc) is 2.43. The third-order valence-electron chi connectivity index (χ3n) is 3.34. The Balaban J connectivity index is 2.04. The first-order valence-corrected chi connectivity index (χ1v) is 7.63. The van der Waals surface area contributed by atoms with Gasteiger partial charge in [-0.05, 0) is 23.8 Å². The predicted molar refractivity (Wildman–Crippen MR) is 76.9 cm³/mol. The quantitative estimate of drug-likeness (QED) is 0.870. The van der Waals surface area contributed by atoms with Crippen LogP contribution in [0.1, 0.15) is 24.1 Å². The SMILES string of the molecule is CS[C@H](C)CNC(=O)[C@H]1NCCc2ccccc21. The lowest BCUT2D eigenvalue weighted by Crippen LogP contribution is -2.42. The van der Waals surface area contributed by atoms with Crippen molar-refractivity contribution in [3.05, 3.63) is 35.4 Å². The summed E-state index contributed by atoms with van der Waals surface area (Å²) in [6.07, 6.45) is 3.06. The standard InChI is InChI=1S/C14H20N2OS/c1-10(18-2)9-16-14(17)13-12-6-4-3-5-11(12)7-8-15-13/h3-6,10,13,15H,7-9H2,1-2H3,(H,16,17)/t10-,13+/m1/s1. The van der Waals surface area contributed by atoms with E-state index >= 15 is 0 Å². The molecule has 0 saturated carbocycles. The molecule has 1 aromatic carbocycles. The van der Waals surface area contributed by atoms with Gasteiger partial charge in [-0.15, -0.1) is 0 Å². The van der Waals surface area contributed by atoms with Gasteiger partial charge in [-0.1, -0.05) is 31.2 Å². The van der Waals surface area contributed by atoms with Crippen LogP contribution in [0.2, 0.25) is 0 Å². The Morgan fingerprint density at radius 2 is 2.33 bits per heavy atom. The number of rotatable bonds is 4. The van der Waals surface area contributed by atoms with Gasteiger partial charge in [0.15, 0.2) is 0 Å². The monoisotopic (exact) mass is 264 g/mol. The van der Waals surface area contributed by atoms with Crippen LogP contribution in [0.25, 0.3) is 0 Å². The van der Waals surface area contributed by atoms with Crippen LogP contribution in [-0.2, 0) is 11.2 Å². The fourth-order valence-electron chi connectivity index (χ4n) is 2.17. The smallest absolute Gasteiger partial charge is 0.241 e. The molecule has 2 N–H and O–H groups in total. The lowest BCUT2D eigenvalue weighted by molar-refractivity contribution is -0.123. The highest BCUT2D eigenvalue weighted by Crippen LogP contribution is 2.22. The van der Waals surface area contributed by atoms with Gasteiger partial charge in [0.05, 0.1) is 0 Å². The van der Waals surface area contributed by atoms with E-state index in [-0.39, 0.29) is 11.9 Å². The Morgan fingerprint density at radius 1 is 1.56 bits per heavy atom. The lowest BCUT2D eigenvalue weighted by Gasteiger charge is -2.26. The molecule has 18 heavy (non-hydrogen) atoms. The molecule has 0 bridgehead atoms. The van der Waals surface area contributed by atoms with Gasteiger partial charge < -0.3 is 10.6 Å². The van der Waals surface area contributed by atoms with Crippen molar-refractivity contribution < 1.29 is 4.79 Å². The minimum atomic E-state index is -0.191. The van der Waals surface area contributed by atoms with E-state index in [1.807, 2.05) is 18.2 Å². The van der Waals surface area contributed by atoms with Crippen molar-refractivity contribution >= 4 is 17.7 Å². The Morgan fingerprint density at radius 3 is 3.11 bits per heavy atom. The first-order chi connectivity index (χ1) is 8.72. The van der Waals surface area contributed by atoms with Gasteiger partial charge in [0.1, 0.15) is 6.04 Å². The van der Waals surface area contributed by atoms with Crippen molar-refractivity contribution in [3.8, 4) is 0 Å². The Bertz CT molecular complexity index is 422. The average molecular weight is 264 g/mol. The second-order valence-electron chi connectivity index (χ2n) is 4.63. The summed E-state index contributed by atoms with van der Waals surface area (Å²) < 4.78 is 0. The fourth-order valence-corrected chi connectivity index (χ4v) is 2.42. The van der Waals surface area contributed by atoms with Crippen molar-refractivity contribution in [2.24, 2.45) is 0 Å². The molecule has 0 unspecified atom stereocenters. The fraction of sp³-hybridized carbons (Fsp3) is 0.500. The molecular formula is C14H20N2OS. The van der Waals surface area contributed by atoms with E-state index in [9.17, 15) is 4.79 Å². The highest BCUT2D eigenvalue weighted by Gasteiger charge is 2.25. The number of fused-ring (bicyclic) bond motifs is 1. The summed E-state index contributed by atoms with van der Waals surface area (Å²) in [5.41, 5.74) is 2.41. The minimum absolute atomic E-state index is 0.0862. The zero-order valence-corrected chi connectivity index (χ0v) is 11.7. The first-order valence-electron chi connectivity index (χ1n) is 6.34. The van der Waals surface area contributed by atoms with E-state index in [4.69, 9.17) is 0 Å². The summed E-state index contributed by atoms with van der Waals surface area (Å²) in [6, 6.07) is 8.00. The normalized spacial score (nSPS) is 20.0. The van der Waals surface area contributed by atoms with Gasteiger partial charge >= 0.3 is 0 Å². The molecule has 1 amide bonds. The molecule has 1 aromatic rings. The second kappa shape index (κ2) is 6.25. The van der Waals surface area contributed by atoms with Crippen LogP contribution in [0.3, 0.4) is 0 Å². The van der Waals surface area contributed by atoms with Crippen molar-refractivity contribution in [2.45, 2.75) is 24.6 Å². The van der Waals surface area contributed by atoms with Gasteiger partial charge in [-0.2, -0.15) is 11.8 Å². The zero-order chi connectivity index (χ0) is 13.0. The van der Waals surface area contributed by atoms with Crippen LogP contribution < -0.4 is 10.6 Å². The summed E-state index contributed by atoms with van der Waals surface area (Å²) in [5, 5.41) is 6.77. The Hall–Kier alpha value is -1.00. The molecule has 0 radical (unpaired) electrons. The van der Waals surface area contributed by atoms with E-state index in [1.165, 1.54) is 5.56 Å². The number of nitrogens with one attached hydrogen (secondary N) is 2. The van der Waals surface area contributed by atoms with Gasteiger partial charge in [0.25, 0.3) is 0 Å². The minimum Gasteiger partial charge on any atom is -0.353 e. The number of hydrogen-bond acceptors (Lipinski definition) is 3. The van der Waals surface area contributed by atoms with Crippen LogP contribution in [0.5, 0.6) is 0 Å². The van der Waals surface area contributed by atoms with E-state index in [1.54, 1.807) is 11.8 Å². The summed E-state index contributed by atoms with van der Waals surface area (Å²) in [4.78, 5) is 12.2. The summed E-state index contributed by atoms with van der Waals surface area (Å²) >= 11 is 1.76. The largest absolute Gasteiger partial charge is 0.353 e. The van der Waals surface area contributed by atoms with Crippen molar-refractivity contribution in [2.75, 3.05) is 19.3 Å². The molecule has 0 fully saturated rings. The molecule has 0 aliphatic carbocycles. The Kier molecular flexibility index (Phi) is 4.66. The third kappa shape index (κ3) is 3.06. The number of thioether (sulfide) groups is 1. The molecule has 1 heterocycles. The van der Waals surface area contributed by atoms with Gasteiger partial charge in [0.2, 0.25) is 5.91 Å². The van der Waals surface area contributed by atoms with Crippen LogP contribution in [0.4, 0.5) is 0 Å². The molecule has 2 rings (SSSR count).